The molecular formula is C12H18F2N2S. The lowest BCUT2D eigenvalue weighted by Gasteiger charge is -2.33. The van der Waals surface area contributed by atoms with Gasteiger partial charge >= 0.3 is 0 Å². The molecule has 1 unspecified atom stereocenters. The van der Waals surface area contributed by atoms with Crippen LogP contribution in [0.4, 0.5) is 8.78 Å². The van der Waals surface area contributed by atoms with E-state index < -0.39 is 5.92 Å². The Bertz CT molecular complexity index is 330. The number of alkyl halides is 2. The van der Waals surface area contributed by atoms with Crippen LogP contribution in [0.1, 0.15) is 30.7 Å². The van der Waals surface area contributed by atoms with E-state index in [-0.39, 0.29) is 18.9 Å². The summed E-state index contributed by atoms with van der Waals surface area (Å²) in [7, 11) is 1.91. The SMILES string of the molecule is CNC(Cc1nccs1)C1CCC(F)(F)CC1. The normalized spacial score (nSPS) is 22.5. The molecule has 1 N–H and O–H groups in total. The minimum atomic E-state index is -2.43. The number of likely N-dealkylation sites (N-methyl/N-ethyl adjacent to an activating group) is 1. The van der Waals surface area contributed by atoms with Crippen molar-refractivity contribution in [3.8, 4) is 0 Å². The van der Waals surface area contributed by atoms with Gasteiger partial charge in [-0.25, -0.2) is 13.8 Å². The van der Waals surface area contributed by atoms with Crippen molar-refractivity contribution < 1.29 is 8.78 Å². The second-order valence-electron chi connectivity index (χ2n) is 4.72. The van der Waals surface area contributed by atoms with Crippen molar-refractivity contribution in [2.24, 2.45) is 5.92 Å². The van der Waals surface area contributed by atoms with Crippen LogP contribution in [-0.4, -0.2) is 24.0 Å². The molecule has 2 nitrogen and oxygen atoms in total. The molecule has 17 heavy (non-hydrogen) atoms. The Hall–Kier alpha value is -0.550. The van der Waals surface area contributed by atoms with E-state index in [0.29, 0.717) is 18.8 Å². The highest BCUT2D eigenvalue weighted by molar-refractivity contribution is 7.09. The van der Waals surface area contributed by atoms with Crippen molar-refractivity contribution in [3.63, 3.8) is 0 Å². The number of nitrogens with zero attached hydrogens (tertiary/aromatic N) is 1. The van der Waals surface area contributed by atoms with Gasteiger partial charge in [0.05, 0.1) is 5.01 Å². The second-order valence-corrected chi connectivity index (χ2v) is 5.70. The Labute approximate surface area is 104 Å². The molecule has 0 bridgehead atoms. The molecule has 0 radical (unpaired) electrons. The van der Waals surface area contributed by atoms with Crippen LogP contribution in [0.3, 0.4) is 0 Å². The van der Waals surface area contributed by atoms with E-state index in [9.17, 15) is 8.78 Å². The molecular weight excluding hydrogens is 242 g/mol. The van der Waals surface area contributed by atoms with Gasteiger partial charge in [0.2, 0.25) is 5.92 Å². The van der Waals surface area contributed by atoms with Gasteiger partial charge in [-0.1, -0.05) is 0 Å². The highest BCUT2D eigenvalue weighted by Crippen LogP contribution is 2.37. The molecule has 1 aromatic rings. The zero-order chi connectivity index (χ0) is 12.3. The maximum Gasteiger partial charge on any atom is 0.248 e. The molecule has 0 saturated heterocycles. The van der Waals surface area contributed by atoms with Crippen LogP contribution in [-0.2, 0) is 6.42 Å². The van der Waals surface area contributed by atoms with E-state index in [1.165, 1.54) is 0 Å². The number of halogens is 2. The minimum Gasteiger partial charge on any atom is -0.316 e. The van der Waals surface area contributed by atoms with Crippen molar-refractivity contribution in [1.29, 1.82) is 0 Å². The fourth-order valence-electron chi connectivity index (χ4n) is 2.51. The number of hydrogen-bond donors (Lipinski definition) is 1. The largest absolute Gasteiger partial charge is 0.316 e. The van der Waals surface area contributed by atoms with E-state index in [1.807, 2.05) is 12.4 Å². The summed E-state index contributed by atoms with van der Waals surface area (Å²) < 4.78 is 26.2. The maximum atomic E-state index is 13.1. The first-order valence-corrected chi connectivity index (χ1v) is 6.92. The summed E-state index contributed by atoms with van der Waals surface area (Å²) in [5.41, 5.74) is 0. The topological polar surface area (TPSA) is 24.9 Å². The first-order valence-electron chi connectivity index (χ1n) is 6.04. The molecule has 0 spiro atoms. The van der Waals surface area contributed by atoms with Gasteiger partial charge in [-0.15, -0.1) is 11.3 Å². The Morgan fingerprint density at radius 3 is 2.76 bits per heavy atom. The molecule has 1 atom stereocenters. The molecule has 5 heteroatoms. The average Bonchev–Trinajstić information content (AvgIpc) is 2.79. The second kappa shape index (κ2) is 5.40. The highest BCUT2D eigenvalue weighted by atomic mass is 32.1. The lowest BCUT2D eigenvalue weighted by atomic mass is 9.81. The molecule has 0 aromatic carbocycles. The number of aromatic nitrogens is 1. The Balaban J connectivity index is 1.91. The molecule has 1 heterocycles. The quantitative estimate of drug-likeness (QED) is 0.900. The summed E-state index contributed by atoms with van der Waals surface area (Å²) in [4.78, 5) is 4.26. The minimum absolute atomic E-state index is 0.0354. The van der Waals surface area contributed by atoms with Crippen LogP contribution in [0, 0.1) is 5.92 Å². The van der Waals surface area contributed by atoms with Gasteiger partial charge in [0.1, 0.15) is 0 Å². The van der Waals surface area contributed by atoms with E-state index in [0.717, 1.165) is 11.4 Å². The lowest BCUT2D eigenvalue weighted by molar-refractivity contribution is -0.0492. The molecule has 1 aliphatic rings. The number of rotatable bonds is 4. The third kappa shape index (κ3) is 3.45. The Morgan fingerprint density at radius 1 is 1.53 bits per heavy atom. The predicted molar refractivity (Wildman–Crippen MR) is 65.6 cm³/mol. The number of nitrogens with one attached hydrogen (secondary N) is 1. The third-order valence-electron chi connectivity index (χ3n) is 3.58. The standard InChI is InChI=1S/C12H18F2N2S/c1-15-10(8-11-16-6-7-17-11)9-2-4-12(13,14)5-3-9/h6-7,9-10,15H,2-5,8H2,1H3. The predicted octanol–water partition coefficient (Wildman–Crippen LogP) is 3.10. The van der Waals surface area contributed by atoms with Crippen LogP contribution < -0.4 is 5.32 Å². The molecule has 1 fully saturated rings. The van der Waals surface area contributed by atoms with Gasteiger partial charge in [0.25, 0.3) is 0 Å². The summed E-state index contributed by atoms with van der Waals surface area (Å²) >= 11 is 1.63. The molecule has 1 aliphatic carbocycles. The highest BCUT2D eigenvalue weighted by Gasteiger charge is 2.37. The van der Waals surface area contributed by atoms with Gasteiger partial charge in [0.15, 0.2) is 0 Å². The lowest BCUT2D eigenvalue weighted by Crippen LogP contribution is -2.39. The fourth-order valence-corrected chi connectivity index (χ4v) is 3.19. The molecule has 1 aromatic heterocycles. The van der Waals surface area contributed by atoms with Gasteiger partial charge in [0, 0.05) is 36.9 Å². The van der Waals surface area contributed by atoms with Gasteiger partial charge in [-0.05, 0) is 25.8 Å². The summed E-state index contributed by atoms with van der Waals surface area (Å²) in [6, 6.07) is 0.275. The van der Waals surface area contributed by atoms with Crippen LogP contribution in [0.25, 0.3) is 0 Å². The van der Waals surface area contributed by atoms with Gasteiger partial charge in [-0.3, -0.25) is 0 Å². The van der Waals surface area contributed by atoms with Crippen molar-refractivity contribution in [2.75, 3.05) is 7.05 Å². The number of hydrogen-bond acceptors (Lipinski definition) is 3. The van der Waals surface area contributed by atoms with E-state index in [4.69, 9.17) is 0 Å². The monoisotopic (exact) mass is 260 g/mol. The van der Waals surface area contributed by atoms with E-state index in [2.05, 4.69) is 10.3 Å². The maximum absolute atomic E-state index is 13.1. The summed E-state index contributed by atoms with van der Waals surface area (Å²) in [5.74, 6) is -2.08. The van der Waals surface area contributed by atoms with Crippen LogP contribution in [0.2, 0.25) is 0 Å². The molecule has 96 valence electrons. The van der Waals surface area contributed by atoms with Crippen LogP contribution in [0.5, 0.6) is 0 Å². The molecule has 0 aliphatic heterocycles. The fraction of sp³-hybridized carbons (Fsp3) is 0.750. The molecule has 1 saturated carbocycles. The molecule has 0 amide bonds. The van der Waals surface area contributed by atoms with Crippen molar-refractivity contribution >= 4 is 11.3 Å². The van der Waals surface area contributed by atoms with Crippen molar-refractivity contribution in [2.45, 2.75) is 44.1 Å². The Morgan fingerprint density at radius 2 is 2.24 bits per heavy atom. The zero-order valence-electron chi connectivity index (χ0n) is 9.96. The Kier molecular flexibility index (Phi) is 4.09. The summed E-state index contributed by atoms with van der Waals surface area (Å²) in [6.45, 7) is 0. The number of thiazole rings is 1. The van der Waals surface area contributed by atoms with Crippen molar-refractivity contribution in [3.05, 3.63) is 16.6 Å². The average molecular weight is 260 g/mol. The first kappa shape index (κ1) is 12.9. The summed E-state index contributed by atoms with van der Waals surface area (Å²) in [6.07, 6.45) is 3.95. The smallest absolute Gasteiger partial charge is 0.248 e. The first-order chi connectivity index (χ1) is 8.11. The van der Waals surface area contributed by atoms with Crippen molar-refractivity contribution in [1.82, 2.24) is 10.3 Å². The summed E-state index contributed by atoms with van der Waals surface area (Å²) in [5, 5.41) is 6.30. The molecule has 2 rings (SSSR count). The van der Waals surface area contributed by atoms with Crippen LogP contribution in [0.15, 0.2) is 11.6 Å². The third-order valence-corrected chi connectivity index (χ3v) is 4.38. The van der Waals surface area contributed by atoms with E-state index in [1.54, 1.807) is 17.5 Å². The van der Waals surface area contributed by atoms with E-state index >= 15 is 0 Å². The van der Waals surface area contributed by atoms with Gasteiger partial charge in [-0.2, -0.15) is 0 Å². The van der Waals surface area contributed by atoms with Crippen LogP contribution >= 0.6 is 11.3 Å². The van der Waals surface area contributed by atoms with Gasteiger partial charge < -0.3 is 5.32 Å². The zero-order valence-corrected chi connectivity index (χ0v) is 10.8.